The van der Waals surface area contributed by atoms with E-state index in [4.69, 9.17) is 0 Å². The van der Waals surface area contributed by atoms with E-state index in [1.807, 2.05) is 13.8 Å². The van der Waals surface area contributed by atoms with Crippen LogP contribution in [0.4, 0.5) is 0 Å². The summed E-state index contributed by atoms with van der Waals surface area (Å²) in [5.74, 6) is 0.406. The SMILES string of the molecule is CC(C)C(=O)N1CC(N2CCNCC2)CC1(C)C. The molecule has 0 spiro atoms. The molecule has 2 rings (SSSR count). The van der Waals surface area contributed by atoms with Gasteiger partial charge in [-0.25, -0.2) is 0 Å². The van der Waals surface area contributed by atoms with Gasteiger partial charge in [0, 0.05) is 50.2 Å². The molecular formula is C14H27N3O. The molecule has 4 nitrogen and oxygen atoms in total. The lowest BCUT2D eigenvalue weighted by Gasteiger charge is -2.32. The van der Waals surface area contributed by atoms with Crippen molar-refractivity contribution in [3.63, 3.8) is 0 Å². The van der Waals surface area contributed by atoms with Crippen molar-refractivity contribution in [1.82, 2.24) is 15.1 Å². The molecule has 2 fully saturated rings. The lowest BCUT2D eigenvalue weighted by atomic mass is 9.98. The average Bonchev–Trinajstić information content (AvgIpc) is 2.65. The van der Waals surface area contributed by atoms with Crippen molar-refractivity contribution in [2.75, 3.05) is 32.7 Å². The number of hydrogen-bond acceptors (Lipinski definition) is 3. The third kappa shape index (κ3) is 2.69. The molecule has 2 aliphatic heterocycles. The molecule has 0 bridgehead atoms. The highest BCUT2D eigenvalue weighted by Crippen LogP contribution is 2.32. The summed E-state index contributed by atoms with van der Waals surface area (Å²) in [5.41, 5.74) is 0.0108. The Balaban J connectivity index is 2.04. The second-order valence-electron chi connectivity index (χ2n) is 6.56. The summed E-state index contributed by atoms with van der Waals surface area (Å²) in [5, 5.41) is 3.39. The second-order valence-corrected chi connectivity index (χ2v) is 6.56. The molecule has 2 aliphatic rings. The van der Waals surface area contributed by atoms with Crippen LogP contribution in [-0.4, -0.2) is 60.0 Å². The molecule has 0 aromatic rings. The molecule has 18 heavy (non-hydrogen) atoms. The first-order chi connectivity index (χ1) is 8.42. The molecule has 1 unspecified atom stereocenters. The van der Waals surface area contributed by atoms with E-state index in [2.05, 4.69) is 29.0 Å². The van der Waals surface area contributed by atoms with Gasteiger partial charge >= 0.3 is 0 Å². The molecule has 0 saturated carbocycles. The van der Waals surface area contributed by atoms with Crippen molar-refractivity contribution in [2.24, 2.45) is 5.92 Å². The summed E-state index contributed by atoms with van der Waals surface area (Å²) in [7, 11) is 0. The topological polar surface area (TPSA) is 35.6 Å². The van der Waals surface area contributed by atoms with Crippen LogP contribution in [-0.2, 0) is 4.79 Å². The first-order valence-corrected chi connectivity index (χ1v) is 7.18. The van der Waals surface area contributed by atoms with Crippen LogP contribution in [0.15, 0.2) is 0 Å². The minimum Gasteiger partial charge on any atom is -0.336 e. The summed E-state index contributed by atoms with van der Waals surface area (Å²) in [4.78, 5) is 16.9. The fourth-order valence-electron chi connectivity index (χ4n) is 3.20. The number of amides is 1. The second kappa shape index (κ2) is 5.17. The largest absolute Gasteiger partial charge is 0.336 e. The van der Waals surface area contributed by atoms with Gasteiger partial charge in [0.2, 0.25) is 5.91 Å². The smallest absolute Gasteiger partial charge is 0.225 e. The van der Waals surface area contributed by atoms with E-state index < -0.39 is 0 Å². The molecule has 1 amide bonds. The number of hydrogen-bond donors (Lipinski definition) is 1. The van der Waals surface area contributed by atoms with E-state index in [1.54, 1.807) is 0 Å². The summed E-state index contributed by atoms with van der Waals surface area (Å²) >= 11 is 0. The fourth-order valence-corrected chi connectivity index (χ4v) is 3.20. The fraction of sp³-hybridized carbons (Fsp3) is 0.929. The summed E-state index contributed by atoms with van der Waals surface area (Å²) in [6, 6.07) is 0.546. The minimum atomic E-state index is 0.0108. The van der Waals surface area contributed by atoms with E-state index in [9.17, 15) is 4.79 Å². The third-order valence-electron chi connectivity index (χ3n) is 4.29. The maximum absolute atomic E-state index is 12.3. The Morgan fingerprint density at radius 1 is 1.28 bits per heavy atom. The number of rotatable bonds is 2. The van der Waals surface area contributed by atoms with E-state index in [1.165, 1.54) is 0 Å². The maximum Gasteiger partial charge on any atom is 0.225 e. The zero-order valence-electron chi connectivity index (χ0n) is 12.2. The predicted octanol–water partition coefficient (Wildman–Crippen LogP) is 0.927. The van der Waals surface area contributed by atoms with Crippen LogP contribution in [0.2, 0.25) is 0 Å². The van der Waals surface area contributed by atoms with Gasteiger partial charge in [0.25, 0.3) is 0 Å². The molecular weight excluding hydrogens is 226 g/mol. The van der Waals surface area contributed by atoms with Crippen molar-refractivity contribution in [3.05, 3.63) is 0 Å². The zero-order valence-corrected chi connectivity index (χ0v) is 12.2. The normalized spacial score (nSPS) is 28.9. The van der Waals surface area contributed by atoms with Gasteiger partial charge in [-0.3, -0.25) is 9.69 Å². The highest BCUT2D eigenvalue weighted by Gasteiger charge is 2.43. The summed E-state index contributed by atoms with van der Waals surface area (Å²) < 4.78 is 0. The van der Waals surface area contributed by atoms with Crippen molar-refractivity contribution in [1.29, 1.82) is 0 Å². The summed E-state index contributed by atoms with van der Waals surface area (Å²) in [6.45, 7) is 13.7. The quantitative estimate of drug-likeness (QED) is 0.795. The molecule has 2 heterocycles. The van der Waals surface area contributed by atoms with E-state index in [0.717, 1.165) is 39.1 Å². The highest BCUT2D eigenvalue weighted by molar-refractivity contribution is 5.79. The molecule has 1 atom stereocenters. The van der Waals surface area contributed by atoms with Crippen LogP contribution in [0.1, 0.15) is 34.1 Å². The van der Waals surface area contributed by atoms with Gasteiger partial charge in [-0.15, -0.1) is 0 Å². The first-order valence-electron chi connectivity index (χ1n) is 7.18. The molecule has 4 heteroatoms. The lowest BCUT2D eigenvalue weighted by Crippen LogP contribution is -2.49. The number of piperazine rings is 1. The predicted molar refractivity (Wildman–Crippen MR) is 73.5 cm³/mol. The van der Waals surface area contributed by atoms with Gasteiger partial charge in [-0.2, -0.15) is 0 Å². The molecule has 0 aliphatic carbocycles. The number of nitrogens with zero attached hydrogens (tertiary/aromatic N) is 2. The van der Waals surface area contributed by atoms with Gasteiger partial charge in [0.05, 0.1) is 0 Å². The van der Waals surface area contributed by atoms with Gasteiger partial charge < -0.3 is 10.2 Å². The van der Waals surface area contributed by atoms with E-state index in [0.29, 0.717) is 11.9 Å². The van der Waals surface area contributed by atoms with Crippen molar-refractivity contribution >= 4 is 5.91 Å². The van der Waals surface area contributed by atoms with E-state index in [-0.39, 0.29) is 11.5 Å². The number of carbonyl (C=O) groups is 1. The molecule has 1 N–H and O–H groups in total. The Morgan fingerprint density at radius 2 is 1.89 bits per heavy atom. The van der Waals surface area contributed by atoms with Crippen molar-refractivity contribution in [3.8, 4) is 0 Å². The van der Waals surface area contributed by atoms with Crippen LogP contribution < -0.4 is 5.32 Å². The van der Waals surface area contributed by atoms with E-state index >= 15 is 0 Å². The number of carbonyl (C=O) groups excluding carboxylic acids is 1. The van der Waals surface area contributed by atoms with Gasteiger partial charge in [-0.05, 0) is 20.3 Å². The maximum atomic E-state index is 12.3. The Labute approximate surface area is 111 Å². The number of likely N-dealkylation sites (tertiary alicyclic amines) is 1. The molecule has 2 saturated heterocycles. The molecule has 0 aromatic carbocycles. The molecule has 0 radical (unpaired) electrons. The Morgan fingerprint density at radius 3 is 2.44 bits per heavy atom. The van der Waals surface area contributed by atoms with Crippen LogP contribution in [0.3, 0.4) is 0 Å². The van der Waals surface area contributed by atoms with Crippen molar-refractivity contribution in [2.45, 2.75) is 45.7 Å². The van der Waals surface area contributed by atoms with Crippen LogP contribution >= 0.6 is 0 Å². The zero-order chi connectivity index (χ0) is 13.3. The Hall–Kier alpha value is -0.610. The molecule has 104 valence electrons. The van der Waals surface area contributed by atoms with Crippen molar-refractivity contribution < 1.29 is 4.79 Å². The minimum absolute atomic E-state index is 0.0108. The average molecular weight is 253 g/mol. The Bertz CT molecular complexity index is 308. The van der Waals surface area contributed by atoms with Crippen LogP contribution in [0.5, 0.6) is 0 Å². The van der Waals surface area contributed by atoms with Crippen LogP contribution in [0, 0.1) is 5.92 Å². The van der Waals surface area contributed by atoms with Gasteiger partial charge in [0.1, 0.15) is 0 Å². The third-order valence-corrected chi connectivity index (χ3v) is 4.29. The standard InChI is InChI=1S/C14H27N3O/c1-11(2)13(18)17-10-12(9-14(17,3)4)16-7-5-15-6-8-16/h11-12,15H,5-10H2,1-4H3. The van der Waals surface area contributed by atoms with Gasteiger partial charge in [0.15, 0.2) is 0 Å². The van der Waals surface area contributed by atoms with Crippen LogP contribution in [0.25, 0.3) is 0 Å². The number of nitrogens with one attached hydrogen (secondary N) is 1. The Kier molecular flexibility index (Phi) is 3.97. The monoisotopic (exact) mass is 253 g/mol. The first kappa shape index (κ1) is 13.8. The summed E-state index contributed by atoms with van der Waals surface area (Å²) in [6.07, 6.45) is 1.10. The van der Waals surface area contributed by atoms with Gasteiger partial charge in [-0.1, -0.05) is 13.8 Å². The lowest BCUT2D eigenvalue weighted by molar-refractivity contribution is -0.137. The molecule has 0 aromatic heterocycles. The highest BCUT2D eigenvalue weighted by atomic mass is 16.2.